The highest BCUT2D eigenvalue weighted by molar-refractivity contribution is 9.10. The lowest BCUT2D eigenvalue weighted by Crippen LogP contribution is -2.37. The lowest BCUT2D eigenvalue weighted by molar-refractivity contribution is -0.126. The van der Waals surface area contributed by atoms with Gasteiger partial charge in [0.25, 0.3) is 0 Å². The number of nitrogens with two attached hydrogens (primary N) is 1. The first-order chi connectivity index (χ1) is 9.06. The fourth-order valence-electron chi connectivity index (χ4n) is 2.46. The average molecular weight is 346 g/mol. The molecule has 1 aliphatic carbocycles. The first-order valence-electron chi connectivity index (χ1n) is 6.53. The molecule has 5 heteroatoms. The van der Waals surface area contributed by atoms with E-state index in [0.29, 0.717) is 11.6 Å². The van der Waals surface area contributed by atoms with Crippen LogP contribution in [0.15, 0.2) is 22.7 Å². The van der Waals surface area contributed by atoms with E-state index in [2.05, 4.69) is 21.2 Å². The van der Waals surface area contributed by atoms with Crippen LogP contribution in [0.25, 0.3) is 0 Å². The first kappa shape index (κ1) is 14.8. The molecule has 0 heterocycles. The molecule has 0 saturated heterocycles. The molecule has 1 fully saturated rings. The van der Waals surface area contributed by atoms with E-state index in [4.69, 9.17) is 17.3 Å². The van der Waals surface area contributed by atoms with Crippen LogP contribution in [0.2, 0.25) is 5.02 Å². The summed E-state index contributed by atoms with van der Waals surface area (Å²) in [6.07, 6.45) is 3.80. The number of hydrogen-bond acceptors (Lipinski definition) is 2. The maximum Gasteiger partial charge on any atom is 0.223 e. The summed E-state index contributed by atoms with van der Waals surface area (Å²) in [6, 6.07) is 5.84. The van der Waals surface area contributed by atoms with E-state index < -0.39 is 0 Å². The topological polar surface area (TPSA) is 55.1 Å². The number of carbonyl (C=O) groups is 1. The van der Waals surface area contributed by atoms with Crippen LogP contribution in [0.1, 0.15) is 31.2 Å². The molecule has 3 N–H and O–H groups in total. The standard InChI is InChI=1S/C14H18BrClN2O/c15-11-5-4-10(13(16)7-11)8-18-14(19)9-2-1-3-12(17)6-9/h4-5,7,9,12H,1-3,6,8,17H2,(H,18,19). The van der Waals surface area contributed by atoms with Gasteiger partial charge in [0.1, 0.15) is 0 Å². The third-order valence-electron chi connectivity index (χ3n) is 3.55. The first-order valence-corrected chi connectivity index (χ1v) is 7.70. The van der Waals surface area contributed by atoms with Gasteiger partial charge in [-0.3, -0.25) is 4.79 Å². The van der Waals surface area contributed by atoms with Crippen LogP contribution >= 0.6 is 27.5 Å². The summed E-state index contributed by atoms with van der Waals surface area (Å²) >= 11 is 9.48. The van der Waals surface area contributed by atoms with Gasteiger partial charge in [0, 0.05) is 28.0 Å². The van der Waals surface area contributed by atoms with Crippen molar-refractivity contribution in [3.8, 4) is 0 Å². The van der Waals surface area contributed by atoms with E-state index in [1.807, 2.05) is 18.2 Å². The molecule has 0 bridgehead atoms. The number of benzene rings is 1. The highest BCUT2D eigenvalue weighted by Crippen LogP contribution is 2.24. The molecule has 1 aliphatic rings. The van der Waals surface area contributed by atoms with Gasteiger partial charge in [0.15, 0.2) is 0 Å². The van der Waals surface area contributed by atoms with Crippen molar-refractivity contribution >= 4 is 33.4 Å². The molecule has 2 atom stereocenters. The molecule has 19 heavy (non-hydrogen) atoms. The Balaban J connectivity index is 1.89. The van der Waals surface area contributed by atoms with Crippen LogP contribution < -0.4 is 11.1 Å². The second-order valence-electron chi connectivity index (χ2n) is 5.08. The number of halogens is 2. The Morgan fingerprint density at radius 1 is 1.47 bits per heavy atom. The Bertz CT molecular complexity index is 467. The molecule has 1 saturated carbocycles. The van der Waals surface area contributed by atoms with E-state index in [0.717, 1.165) is 35.7 Å². The van der Waals surface area contributed by atoms with E-state index in [-0.39, 0.29) is 17.9 Å². The lowest BCUT2D eigenvalue weighted by atomic mass is 9.85. The van der Waals surface area contributed by atoms with Crippen molar-refractivity contribution < 1.29 is 4.79 Å². The number of hydrogen-bond donors (Lipinski definition) is 2. The van der Waals surface area contributed by atoms with Crippen LogP contribution in [-0.4, -0.2) is 11.9 Å². The zero-order valence-electron chi connectivity index (χ0n) is 10.7. The zero-order valence-corrected chi connectivity index (χ0v) is 13.0. The molecule has 0 aromatic heterocycles. The summed E-state index contributed by atoms with van der Waals surface area (Å²) in [6.45, 7) is 0.469. The maximum atomic E-state index is 12.1. The van der Waals surface area contributed by atoms with E-state index in [1.54, 1.807) is 0 Å². The van der Waals surface area contributed by atoms with Crippen LogP contribution in [-0.2, 0) is 11.3 Å². The third kappa shape index (κ3) is 4.20. The van der Waals surface area contributed by atoms with E-state index in [1.165, 1.54) is 0 Å². The van der Waals surface area contributed by atoms with Gasteiger partial charge in [-0.25, -0.2) is 0 Å². The van der Waals surface area contributed by atoms with Crippen molar-refractivity contribution in [2.24, 2.45) is 11.7 Å². The molecular formula is C14H18BrClN2O. The average Bonchev–Trinajstić information content (AvgIpc) is 2.37. The number of carbonyl (C=O) groups excluding carboxylic acids is 1. The Morgan fingerprint density at radius 3 is 2.95 bits per heavy atom. The summed E-state index contributed by atoms with van der Waals surface area (Å²) in [5.74, 6) is 0.145. The Kier molecular flexibility index (Phi) is 5.25. The molecule has 1 amide bonds. The molecule has 3 nitrogen and oxygen atoms in total. The van der Waals surface area contributed by atoms with Gasteiger partial charge in [-0.15, -0.1) is 0 Å². The zero-order chi connectivity index (χ0) is 13.8. The van der Waals surface area contributed by atoms with Gasteiger partial charge in [0.2, 0.25) is 5.91 Å². The number of nitrogens with one attached hydrogen (secondary N) is 1. The molecule has 0 radical (unpaired) electrons. The third-order valence-corrected chi connectivity index (χ3v) is 4.40. The van der Waals surface area contributed by atoms with Crippen molar-refractivity contribution in [2.75, 3.05) is 0 Å². The summed E-state index contributed by atoms with van der Waals surface area (Å²) in [5.41, 5.74) is 6.83. The molecule has 2 rings (SSSR count). The van der Waals surface area contributed by atoms with Gasteiger partial charge >= 0.3 is 0 Å². The van der Waals surface area contributed by atoms with Crippen LogP contribution in [0, 0.1) is 5.92 Å². The second-order valence-corrected chi connectivity index (χ2v) is 6.40. The monoisotopic (exact) mass is 344 g/mol. The summed E-state index contributed by atoms with van der Waals surface area (Å²) in [5, 5.41) is 3.62. The molecule has 0 aliphatic heterocycles. The Morgan fingerprint density at radius 2 is 2.26 bits per heavy atom. The molecule has 1 aromatic rings. The smallest absolute Gasteiger partial charge is 0.223 e. The molecular weight excluding hydrogens is 328 g/mol. The van der Waals surface area contributed by atoms with Gasteiger partial charge in [-0.2, -0.15) is 0 Å². The van der Waals surface area contributed by atoms with Crippen molar-refractivity contribution in [3.05, 3.63) is 33.3 Å². The largest absolute Gasteiger partial charge is 0.352 e. The maximum absolute atomic E-state index is 12.1. The van der Waals surface area contributed by atoms with E-state index >= 15 is 0 Å². The molecule has 1 aromatic carbocycles. The Labute approximate surface area is 127 Å². The quantitative estimate of drug-likeness (QED) is 0.883. The summed E-state index contributed by atoms with van der Waals surface area (Å²) < 4.78 is 0.936. The predicted octanol–water partition coefficient (Wildman–Crippen LogP) is 3.24. The normalized spacial score (nSPS) is 23.1. The van der Waals surface area contributed by atoms with Gasteiger partial charge < -0.3 is 11.1 Å². The Hall–Kier alpha value is -0.580. The molecule has 104 valence electrons. The lowest BCUT2D eigenvalue weighted by Gasteiger charge is -2.25. The van der Waals surface area contributed by atoms with Gasteiger partial charge in [0.05, 0.1) is 0 Å². The van der Waals surface area contributed by atoms with Crippen LogP contribution in [0.3, 0.4) is 0 Å². The number of amides is 1. The minimum absolute atomic E-state index is 0.0537. The minimum Gasteiger partial charge on any atom is -0.352 e. The van der Waals surface area contributed by atoms with Crippen LogP contribution in [0.4, 0.5) is 0 Å². The molecule has 2 unspecified atom stereocenters. The van der Waals surface area contributed by atoms with Crippen molar-refractivity contribution in [1.82, 2.24) is 5.32 Å². The summed E-state index contributed by atoms with van der Waals surface area (Å²) in [7, 11) is 0. The van der Waals surface area contributed by atoms with Crippen molar-refractivity contribution in [2.45, 2.75) is 38.3 Å². The minimum atomic E-state index is 0.0537. The SMILES string of the molecule is NC1CCCC(C(=O)NCc2ccc(Br)cc2Cl)C1. The highest BCUT2D eigenvalue weighted by Gasteiger charge is 2.25. The highest BCUT2D eigenvalue weighted by atomic mass is 79.9. The predicted molar refractivity (Wildman–Crippen MR) is 80.9 cm³/mol. The van der Waals surface area contributed by atoms with Gasteiger partial charge in [-0.05, 0) is 37.0 Å². The van der Waals surface area contributed by atoms with Crippen molar-refractivity contribution in [3.63, 3.8) is 0 Å². The second kappa shape index (κ2) is 6.73. The van der Waals surface area contributed by atoms with Gasteiger partial charge in [-0.1, -0.05) is 40.0 Å². The van der Waals surface area contributed by atoms with Crippen LogP contribution in [0.5, 0.6) is 0 Å². The molecule has 0 spiro atoms. The summed E-state index contributed by atoms with van der Waals surface area (Å²) in [4.78, 5) is 12.1. The fourth-order valence-corrected chi connectivity index (χ4v) is 3.20. The van der Waals surface area contributed by atoms with Crippen molar-refractivity contribution in [1.29, 1.82) is 0 Å². The number of rotatable bonds is 3. The fraction of sp³-hybridized carbons (Fsp3) is 0.500. The van der Waals surface area contributed by atoms with E-state index in [9.17, 15) is 4.79 Å².